The van der Waals surface area contributed by atoms with Gasteiger partial charge in [0, 0.05) is 29.2 Å². The van der Waals surface area contributed by atoms with Crippen LogP contribution in [0.4, 0.5) is 0 Å². The van der Waals surface area contributed by atoms with Crippen molar-refractivity contribution in [2.24, 2.45) is 5.73 Å². The number of fused-ring (bicyclic) bond motifs is 1. The van der Waals surface area contributed by atoms with Crippen LogP contribution in [0.15, 0.2) is 16.7 Å². The molecule has 1 aromatic heterocycles. The van der Waals surface area contributed by atoms with Crippen LogP contribution in [0, 0.1) is 0 Å². The van der Waals surface area contributed by atoms with Crippen molar-refractivity contribution >= 4 is 33.7 Å². The van der Waals surface area contributed by atoms with Crippen molar-refractivity contribution in [2.75, 3.05) is 0 Å². The van der Waals surface area contributed by atoms with Crippen LogP contribution in [0.3, 0.4) is 0 Å². The molecule has 0 aromatic carbocycles. The van der Waals surface area contributed by atoms with Crippen molar-refractivity contribution < 1.29 is 19.1 Å². The highest BCUT2D eigenvalue weighted by molar-refractivity contribution is 9.10. The third-order valence-electron chi connectivity index (χ3n) is 3.48. The summed E-state index contributed by atoms with van der Waals surface area (Å²) < 4.78 is 5.97. The summed E-state index contributed by atoms with van der Waals surface area (Å²) in [6.07, 6.45) is 1.65. The maximum atomic E-state index is 12.5. The van der Waals surface area contributed by atoms with Gasteiger partial charge < -0.3 is 15.4 Å². The predicted molar refractivity (Wildman–Crippen MR) is 89.9 cm³/mol. The molecule has 1 aromatic rings. The van der Waals surface area contributed by atoms with Crippen molar-refractivity contribution in [3.05, 3.63) is 28.0 Å². The molecule has 2 N–H and O–H groups in total. The van der Waals surface area contributed by atoms with Crippen LogP contribution in [0.1, 0.15) is 49.7 Å². The molecule has 1 aliphatic rings. The highest BCUT2D eigenvalue weighted by Crippen LogP contribution is 2.27. The number of aromatic nitrogens is 1. The van der Waals surface area contributed by atoms with Crippen molar-refractivity contribution in [3.63, 3.8) is 0 Å². The van der Waals surface area contributed by atoms with Gasteiger partial charge >= 0.3 is 5.97 Å². The summed E-state index contributed by atoms with van der Waals surface area (Å²) >= 11 is 3.30. The van der Waals surface area contributed by atoms with Gasteiger partial charge in [-0.05, 0) is 49.2 Å². The molecule has 0 bridgehead atoms. The summed E-state index contributed by atoms with van der Waals surface area (Å²) in [5, 5.41) is 0. The number of primary amides is 1. The molecule has 130 valence electrons. The number of halogens is 1. The largest absolute Gasteiger partial charge is 0.460 e. The SMILES string of the molecule is CC(C)(C)OC(=O)CC[C@@H](C(N)=O)N1Cc2cc(Br)cnc2C1=O. The molecule has 24 heavy (non-hydrogen) atoms. The Labute approximate surface area is 148 Å². The first-order chi connectivity index (χ1) is 11.1. The van der Waals surface area contributed by atoms with Crippen LogP contribution >= 0.6 is 15.9 Å². The number of nitrogens with zero attached hydrogens (tertiary/aromatic N) is 2. The van der Waals surface area contributed by atoms with Crippen LogP contribution in [0.2, 0.25) is 0 Å². The lowest BCUT2D eigenvalue weighted by atomic mass is 10.1. The summed E-state index contributed by atoms with van der Waals surface area (Å²) in [5.41, 5.74) is 5.87. The van der Waals surface area contributed by atoms with Crippen LogP contribution in [-0.4, -0.2) is 39.3 Å². The van der Waals surface area contributed by atoms with E-state index in [0.29, 0.717) is 5.69 Å². The number of ether oxygens (including phenoxy) is 1. The maximum absolute atomic E-state index is 12.5. The molecule has 1 atom stereocenters. The number of hydrogen-bond donors (Lipinski definition) is 1. The minimum atomic E-state index is -0.877. The summed E-state index contributed by atoms with van der Waals surface area (Å²) in [7, 11) is 0. The molecule has 1 aliphatic heterocycles. The first kappa shape index (κ1) is 18.4. The van der Waals surface area contributed by atoms with Crippen LogP contribution < -0.4 is 5.73 Å². The van der Waals surface area contributed by atoms with E-state index in [1.54, 1.807) is 26.8 Å². The Kier molecular flexibility index (Phi) is 5.27. The van der Waals surface area contributed by atoms with E-state index < -0.39 is 23.5 Å². The Morgan fingerprint density at radius 1 is 1.46 bits per heavy atom. The van der Waals surface area contributed by atoms with E-state index in [1.807, 2.05) is 0 Å². The van der Waals surface area contributed by atoms with E-state index in [-0.39, 0.29) is 25.3 Å². The minimum Gasteiger partial charge on any atom is -0.460 e. The fraction of sp³-hybridized carbons (Fsp3) is 0.500. The normalized spacial score (nSPS) is 15.2. The maximum Gasteiger partial charge on any atom is 0.306 e. The van der Waals surface area contributed by atoms with E-state index in [2.05, 4.69) is 20.9 Å². The predicted octanol–water partition coefficient (Wildman–Crippen LogP) is 1.78. The smallest absolute Gasteiger partial charge is 0.306 e. The first-order valence-electron chi connectivity index (χ1n) is 7.55. The Balaban J connectivity index is 2.08. The van der Waals surface area contributed by atoms with Gasteiger partial charge in [-0.2, -0.15) is 0 Å². The van der Waals surface area contributed by atoms with E-state index >= 15 is 0 Å². The van der Waals surface area contributed by atoms with E-state index in [0.717, 1.165) is 10.0 Å². The molecule has 2 amide bonds. The third-order valence-corrected chi connectivity index (χ3v) is 3.92. The number of esters is 1. The molecular weight excluding hydrogens is 378 g/mol. The molecular formula is C16H20BrN3O4. The number of amides is 2. The zero-order valence-corrected chi connectivity index (χ0v) is 15.4. The number of rotatable bonds is 5. The monoisotopic (exact) mass is 397 g/mol. The zero-order valence-electron chi connectivity index (χ0n) is 13.8. The number of carbonyl (C=O) groups is 3. The second kappa shape index (κ2) is 6.88. The van der Waals surface area contributed by atoms with Gasteiger partial charge in [0.15, 0.2) is 0 Å². The Morgan fingerprint density at radius 3 is 2.71 bits per heavy atom. The van der Waals surface area contributed by atoms with Gasteiger partial charge in [-0.25, -0.2) is 4.98 Å². The van der Waals surface area contributed by atoms with Crippen LogP contribution in [0.25, 0.3) is 0 Å². The molecule has 0 radical (unpaired) electrons. The van der Waals surface area contributed by atoms with Crippen molar-refractivity contribution in [1.29, 1.82) is 0 Å². The average Bonchev–Trinajstić information content (AvgIpc) is 2.73. The summed E-state index contributed by atoms with van der Waals surface area (Å²) in [6, 6.07) is 0.907. The second-order valence-electron chi connectivity index (χ2n) is 6.64. The lowest BCUT2D eigenvalue weighted by molar-refractivity contribution is -0.155. The summed E-state index contributed by atoms with van der Waals surface area (Å²) in [6.45, 7) is 5.53. The molecule has 0 spiro atoms. The zero-order chi connectivity index (χ0) is 18.1. The van der Waals surface area contributed by atoms with E-state index in [9.17, 15) is 14.4 Å². The van der Waals surface area contributed by atoms with Crippen molar-refractivity contribution in [3.8, 4) is 0 Å². The van der Waals surface area contributed by atoms with Gasteiger partial charge in [-0.1, -0.05) is 0 Å². The Hall–Kier alpha value is -1.96. The summed E-state index contributed by atoms with van der Waals surface area (Å²) in [5.74, 6) is -1.44. The van der Waals surface area contributed by atoms with Gasteiger partial charge in [0.05, 0.1) is 0 Å². The van der Waals surface area contributed by atoms with Crippen LogP contribution in [0.5, 0.6) is 0 Å². The Bertz CT molecular complexity index is 684. The molecule has 2 rings (SSSR count). The highest BCUT2D eigenvalue weighted by atomic mass is 79.9. The Morgan fingerprint density at radius 2 is 2.12 bits per heavy atom. The average molecular weight is 398 g/mol. The van der Waals surface area contributed by atoms with Gasteiger partial charge in [-0.3, -0.25) is 14.4 Å². The second-order valence-corrected chi connectivity index (χ2v) is 7.55. The fourth-order valence-corrected chi connectivity index (χ4v) is 2.91. The third kappa shape index (κ3) is 4.31. The molecule has 8 heteroatoms. The van der Waals surface area contributed by atoms with Crippen LogP contribution in [-0.2, 0) is 20.9 Å². The lowest BCUT2D eigenvalue weighted by Crippen LogP contribution is -2.45. The van der Waals surface area contributed by atoms with Gasteiger partial charge in [0.1, 0.15) is 17.3 Å². The standard InChI is InChI=1S/C16H20BrN3O4/c1-16(2,3)24-12(21)5-4-11(14(18)22)20-8-9-6-10(17)7-19-13(9)15(20)23/h6-7,11H,4-5,8H2,1-3H3,(H2,18,22)/t11-/m0/s1. The fourth-order valence-electron chi connectivity index (χ4n) is 2.54. The lowest BCUT2D eigenvalue weighted by Gasteiger charge is -2.25. The first-order valence-corrected chi connectivity index (χ1v) is 8.34. The molecule has 0 unspecified atom stereocenters. The molecule has 0 saturated heterocycles. The molecule has 0 fully saturated rings. The molecule has 0 saturated carbocycles. The van der Waals surface area contributed by atoms with Gasteiger partial charge in [-0.15, -0.1) is 0 Å². The molecule has 7 nitrogen and oxygen atoms in total. The number of pyridine rings is 1. The van der Waals surface area contributed by atoms with Crippen molar-refractivity contribution in [2.45, 2.75) is 51.8 Å². The minimum absolute atomic E-state index is 0.00211. The van der Waals surface area contributed by atoms with Gasteiger partial charge in [0.2, 0.25) is 5.91 Å². The number of hydrogen-bond acceptors (Lipinski definition) is 5. The number of nitrogens with two attached hydrogens (primary N) is 1. The van der Waals surface area contributed by atoms with E-state index in [1.165, 1.54) is 11.1 Å². The number of carbonyl (C=O) groups excluding carboxylic acids is 3. The van der Waals surface area contributed by atoms with E-state index in [4.69, 9.17) is 10.5 Å². The quantitative estimate of drug-likeness (QED) is 0.762. The topological polar surface area (TPSA) is 103 Å². The molecule has 0 aliphatic carbocycles. The van der Waals surface area contributed by atoms with Crippen molar-refractivity contribution in [1.82, 2.24) is 9.88 Å². The highest BCUT2D eigenvalue weighted by Gasteiger charge is 2.37. The summed E-state index contributed by atoms with van der Waals surface area (Å²) in [4.78, 5) is 41.5. The van der Waals surface area contributed by atoms with Gasteiger partial charge in [0.25, 0.3) is 5.91 Å². The molecule has 2 heterocycles.